The highest BCUT2D eigenvalue weighted by Crippen LogP contribution is 2.36. The van der Waals surface area contributed by atoms with E-state index in [0.717, 1.165) is 29.7 Å². The van der Waals surface area contributed by atoms with Crippen molar-refractivity contribution in [2.24, 2.45) is 0 Å². The number of aromatic nitrogens is 3. The molecule has 0 saturated heterocycles. The van der Waals surface area contributed by atoms with E-state index in [2.05, 4.69) is 38.9 Å². The van der Waals surface area contributed by atoms with E-state index in [1.54, 1.807) is 0 Å². The quantitative estimate of drug-likeness (QED) is 0.733. The fourth-order valence-corrected chi connectivity index (χ4v) is 3.50. The molecule has 1 atom stereocenters. The molecule has 3 aromatic rings. The monoisotopic (exact) mass is 348 g/mol. The normalized spacial score (nSPS) is 15.6. The van der Waals surface area contributed by atoms with Gasteiger partial charge in [0.1, 0.15) is 5.52 Å². The number of nitrogens with one attached hydrogen (secondary N) is 1. The number of imidazole rings is 1. The average molecular weight is 348 g/mol. The van der Waals surface area contributed by atoms with Gasteiger partial charge in [0.05, 0.1) is 0 Å². The Morgan fingerprint density at radius 2 is 1.96 bits per heavy atom. The third-order valence-electron chi connectivity index (χ3n) is 5.23. The lowest BCUT2D eigenvalue weighted by atomic mass is 9.93. The molecule has 2 aromatic heterocycles. The van der Waals surface area contributed by atoms with Gasteiger partial charge in [0.15, 0.2) is 5.65 Å². The standard InChI is InChI=1S/C21H24N4O/c1-14(16-7-4-3-5-8-16)13-19(26)24-21-23-18-12-11-15(2)22-20(18)25(21)17-9-6-10-17/h3-5,7-8,11-12,14,17H,6,9-10,13H2,1-2H3,(H,23,24,26)/t14-/m1/s1. The van der Waals surface area contributed by atoms with Gasteiger partial charge in [-0.2, -0.15) is 0 Å². The van der Waals surface area contributed by atoms with Crippen molar-refractivity contribution >= 4 is 23.0 Å². The number of aryl methyl sites for hydroxylation is 1. The predicted molar refractivity (Wildman–Crippen MR) is 103 cm³/mol. The molecule has 0 aliphatic heterocycles. The molecule has 1 aromatic carbocycles. The van der Waals surface area contributed by atoms with E-state index in [1.165, 1.54) is 12.0 Å². The number of pyridine rings is 1. The second kappa shape index (κ2) is 6.90. The van der Waals surface area contributed by atoms with Gasteiger partial charge in [-0.15, -0.1) is 0 Å². The highest BCUT2D eigenvalue weighted by Gasteiger charge is 2.26. The van der Waals surface area contributed by atoms with Crippen LogP contribution in [0.15, 0.2) is 42.5 Å². The number of rotatable bonds is 5. The van der Waals surface area contributed by atoms with Crippen LogP contribution in [0.25, 0.3) is 11.2 Å². The molecule has 1 aliphatic rings. The zero-order valence-corrected chi connectivity index (χ0v) is 15.3. The largest absolute Gasteiger partial charge is 0.296 e. The van der Waals surface area contributed by atoms with Crippen LogP contribution in [0, 0.1) is 6.92 Å². The fraction of sp³-hybridized carbons (Fsp3) is 0.381. The zero-order valence-electron chi connectivity index (χ0n) is 15.3. The smallest absolute Gasteiger partial charge is 0.227 e. The third-order valence-corrected chi connectivity index (χ3v) is 5.23. The molecule has 5 nitrogen and oxygen atoms in total. The molecule has 1 N–H and O–H groups in total. The molecule has 1 fully saturated rings. The molecular formula is C21H24N4O. The van der Waals surface area contributed by atoms with Crippen molar-refractivity contribution in [1.82, 2.24) is 14.5 Å². The van der Waals surface area contributed by atoms with E-state index in [0.29, 0.717) is 18.4 Å². The van der Waals surface area contributed by atoms with Crippen molar-refractivity contribution in [1.29, 1.82) is 0 Å². The van der Waals surface area contributed by atoms with Crippen LogP contribution in [0.1, 0.15) is 55.8 Å². The number of benzene rings is 1. The number of hydrogen-bond acceptors (Lipinski definition) is 3. The molecular weight excluding hydrogens is 324 g/mol. The van der Waals surface area contributed by atoms with Gasteiger partial charge in [0.25, 0.3) is 0 Å². The Balaban J connectivity index is 1.57. The van der Waals surface area contributed by atoms with E-state index in [9.17, 15) is 4.79 Å². The van der Waals surface area contributed by atoms with Crippen LogP contribution >= 0.6 is 0 Å². The van der Waals surface area contributed by atoms with Gasteiger partial charge in [-0.3, -0.25) is 14.7 Å². The maximum atomic E-state index is 12.6. The van der Waals surface area contributed by atoms with E-state index in [4.69, 9.17) is 0 Å². The summed E-state index contributed by atoms with van der Waals surface area (Å²) in [5.74, 6) is 0.792. The lowest BCUT2D eigenvalue weighted by Gasteiger charge is -2.28. The van der Waals surface area contributed by atoms with E-state index in [1.807, 2.05) is 37.3 Å². The van der Waals surface area contributed by atoms with Crippen LogP contribution in [0.3, 0.4) is 0 Å². The van der Waals surface area contributed by atoms with Gasteiger partial charge >= 0.3 is 0 Å². The van der Waals surface area contributed by atoms with Crippen molar-refractivity contribution in [3.05, 3.63) is 53.7 Å². The molecule has 26 heavy (non-hydrogen) atoms. The number of carbonyl (C=O) groups is 1. The maximum absolute atomic E-state index is 12.6. The molecule has 0 bridgehead atoms. The first-order valence-corrected chi connectivity index (χ1v) is 9.32. The summed E-state index contributed by atoms with van der Waals surface area (Å²) in [6.07, 6.45) is 3.88. The summed E-state index contributed by atoms with van der Waals surface area (Å²) < 4.78 is 2.12. The number of hydrogen-bond donors (Lipinski definition) is 1. The average Bonchev–Trinajstić information content (AvgIpc) is 2.91. The lowest BCUT2D eigenvalue weighted by molar-refractivity contribution is -0.116. The van der Waals surface area contributed by atoms with Crippen LogP contribution in [0.5, 0.6) is 0 Å². The van der Waals surface area contributed by atoms with Crippen LogP contribution < -0.4 is 5.32 Å². The molecule has 1 saturated carbocycles. The first kappa shape index (κ1) is 16.8. The van der Waals surface area contributed by atoms with Crippen molar-refractivity contribution in [2.75, 3.05) is 5.32 Å². The number of nitrogens with zero attached hydrogens (tertiary/aromatic N) is 3. The van der Waals surface area contributed by atoms with Crippen molar-refractivity contribution in [3.63, 3.8) is 0 Å². The van der Waals surface area contributed by atoms with E-state index in [-0.39, 0.29) is 11.8 Å². The second-order valence-corrected chi connectivity index (χ2v) is 7.25. The summed E-state index contributed by atoms with van der Waals surface area (Å²) >= 11 is 0. The minimum absolute atomic E-state index is 0.00560. The van der Waals surface area contributed by atoms with Crippen molar-refractivity contribution in [3.8, 4) is 0 Å². The molecule has 4 rings (SSSR count). The summed E-state index contributed by atoms with van der Waals surface area (Å²) in [6, 6.07) is 14.5. The van der Waals surface area contributed by atoms with Gasteiger partial charge in [-0.05, 0) is 49.8 Å². The van der Waals surface area contributed by atoms with Gasteiger partial charge in [-0.25, -0.2) is 9.97 Å². The van der Waals surface area contributed by atoms with Crippen LogP contribution in [0.2, 0.25) is 0 Å². The Hall–Kier alpha value is -2.69. The Morgan fingerprint density at radius 1 is 1.19 bits per heavy atom. The molecule has 0 radical (unpaired) electrons. The highest BCUT2D eigenvalue weighted by molar-refractivity contribution is 5.91. The second-order valence-electron chi connectivity index (χ2n) is 7.25. The summed E-state index contributed by atoms with van der Waals surface area (Å²) in [5, 5.41) is 3.04. The summed E-state index contributed by atoms with van der Waals surface area (Å²) in [4.78, 5) is 21.9. The van der Waals surface area contributed by atoms with Gasteiger partial charge in [0, 0.05) is 18.2 Å². The zero-order chi connectivity index (χ0) is 18.1. The molecule has 1 amide bonds. The van der Waals surface area contributed by atoms with Gasteiger partial charge in [0.2, 0.25) is 11.9 Å². The number of fused-ring (bicyclic) bond motifs is 1. The number of carbonyl (C=O) groups excluding carboxylic acids is 1. The first-order valence-electron chi connectivity index (χ1n) is 9.32. The Labute approximate surface area is 153 Å². The van der Waals surface area contributed by atoms with Crippen LogP contribution in [0.4, 0.5) is 5.95 Å². The Morgan fingerprint density at radius 3 is 2.65 bits per heavy atom. The predicted octanol–water partition coefficient (Wildman–Crippen LogP) is 4.60. The highest BCUT2D eigenvalue weighted by atomic mass is 16.1. The van der Waals surface area contributed by atoms with Crippen molar-refractivity contribution in [2.45, 2.75) is 51.5 Å². The van der Waals surface area contributed by atoms with E-state index < -0.39 is 0 Å². The Bertz CT molecular complexity index is 928. The maximum Gasteiger partial charge on any atom is 0.227 e. The molecule has 1 aliphatic carbocycles. The van der Waals surface area contributed by atoms with Crippen LogP contribution in [-0.2, 0) is 4.79 Å². The first-order chi connectivity index (χ1) is 12.6. The topological polar surface area (TPSA) is 59.8 Å². The number of amides is 1. The van der Waals surface area contributed by atoms with Crippen LogP contribution in [-0.4, -0.2) is 20.4 Å². The molecule has 0 spiro atoms. The minimum Gasteiger partial charge on any atom is -0.296 e. The summed E-state index contributed by atoms with van der Waals surface area (Å²) in [5.41, 5.74) is 3.86. The van der Waals surface area contributed by atoms with Crippen molar-refractivity contribution < 1.29 is 4.79 Å². The van der Waals surface area contributed by atoms with Gasteiger partial charge < -0.3 is 0 Å². The van der Waals surface area contributed by atoms with E-state index >= 15 is 0 Å². The molecule has 0 unspecified atom stereocenters. The fourth-order valence-electron chi connectivity index (χ4n) is 3.50. The third kappa shape index (κ3) is 3.21. The summed E-state index contributed by atoms with van der Waals surface area (Å²) in [6.45, 7) is 4.06. The molecule has 5 heteroatoms. The molecule has 2 heterocycles. The Kier molecular flexibility index (Phi) is 4.45. The SMILES string of the molecule is Cc1ccc2nc(NC(=O)C[C@@H](C)c3ccccc3)n(C3CCC3)c2n1. The number of anilines is 1. The van der Waals surface area contributed by atoms with Gasteiger partial charge in [-0.1, -0.05) is 37.3 Å². The minimum atomic E-state index is -0.00560. The summed E-state index contributed by atoms with van der Waals surface area (Å²) in [7, 11) is 0. The molecule has 134 valence electrons. The lowest BCUT2D eigenvalue weighted by Crippen LogP contribution is -2.23.